The Labute approximate surface area is 121 Å². The molecule has 0 unspecified atom stereocenters. The van der Waals surface area contributed by atoms with Crippen molar-refractivity contribution >= 4 is 5.69 Å². The first-order valence-electron chi connectivity index (χ1n) is 6.48. The van der Waals surface area contributed by atoms with Crippen LogP contribution in [0.1, 0.15) is 17.3 Å². The molecule has 0 radical (unpaired) electrons. The molecule has 0 fully saturated rings. The molecule has 0 aliphatic rings. The number of pyridine rings is 1. The minimum Gasteiger partial charge on any atom is -0.484 e. The van der Waals surface area contributed by atoms with Gasteiger partial charge in [0.1, 0.15) is 5.75 Å². The minimum absolute atomic E-state index is 0.226. The van der Waals surface area contributed by atoms with Gasteiger partial charge in [0.25, 0.3) is 5.89 Å². The molecule has 6 heteroatoms. The number of hydrogen-bond donors (Lipinski definition) is 1. The molecular weight excluding hydrogens is 268 g/mol. The first kappa shape index (κ1) is 13.1. The molecule has 3 aromatic rings. The van der Waals surface area contributed by atoms with Gasteiger partial charge in [-0.05, 0) is 35.9 Å². The summed E-state index contributed by atoms with van der Waals surface area (Å²) in [7, 11) is 0. The zero-order valence-electron chi connectivity index (χ0n) is 11.3. The number of anilines is 1. The van der Waals surface area contributed by atoms with E-state index in [4.69, 9.17) is 15.0 Å². The Balaban J connectivity index is 1.59. The minimum atomic E-state index is 0.226. The molecule has 0 saturated heterocycles. The Kier molecular flexibility index (Phi) is 3.77. The van der Waals surface area contributed by atoms with E-state index < -0.39 is 0 Å². The lowest BCUT2D eigenvalue weighted by atomic mass is 10.2. The molecular formula is C15H14N4O2. The number of nitrogen functional groups attached to an aromatic ring is 1. The monoisotopic (exact) mass is 282 g/mol. The molecule has 0 atom stereocenters. The van der Waals surface area contributed by atoms with Crippen LogP contribution in [0.25, 0.3) is 0 Å². The lowest BCUT2D eigenvalue weighted by Gasteiger charge is -2.02. The van der Waals surface area contributed by atoms with Crippen molar-refractivity contribution in [1.82, 2.24) is 15.1 Å². The third kappa shape index (κ3) is 3.56. The summed E-state index contributed by atoms with van der Waals surface area (Å²) in [5.41, 5.74) is 7.33. The molecule has 0 bridgehead atoms. The van der Waals surface area contributed by atoms with Crippen molar-refractivity contribution in [1.29, 1.82) is 0 Å². The first-order valence-corrected chi connectivity index (χ1v) is 6.48. The third-order valence-corrected chi connectivity index (χ3v) is 2.84. The van der Waals surface area contributed by atoms with Crippen molar-refractivity contribution in [2.75, 3.05) is 5.73 Å². The van der Waals surface area contributed by atoms with Crippen LogP contribution in [0.2, 0.25) is 0 Å². The first-order chi connectivity index (χ1) is 10.3. The standard InChI is InChI=1S/C15H14N4O2/c16-12-3-5-13(6-4-12)20-10-15-18-14(19-21-15)8-11-2-1-7-17-9-11/h1-7,9H,8,10,16H2. The maximum Gasteiger partial charge on any atom is 0.264 e. The fraction of sp³-hybridized carbons (Fsp3) is 0.133. The van der Waals surface area contributed by atoms with E-state index in [9.17, 15) is 0 Å². The molecule has 2 N–H and O–H groups in total. The van der Waals surface area contributed by atoms with Crippen molar-refractivity contribution in [3.63, 3.8) is 0 Å². The number of ether oxygens (including phenoxy) is 1. The molecule has 6 nitrogen and oxygen atoms in total. The second-order valence-corrected chi connectivity index (χ2v) is 4.50. The molecule has 2 heterocycles. The van der Waals surface area contributed by atoms with E-state index in [1.54, 1.807) is 36.7 Å². The van der Waals surface area contributed by atoms with Gasteiger partial charge in [-0.2, -0.15) is 4.98 Å². The maximum atomic E-state index is 5.61. The Morgan fingerprint density at radius 2 is 2.00 bits per heavy atom. The molecule has 0 saturated carbocycles. The molecule has 2 aromatic heterocycles. The van der Waals surface area contributed by atoms with Crippen LogP contribution < -0.4 is 10.5 Å². The second kappa shape index (κ2) is 6.04. The predicted octanol–water partition coefficient (Wildman–Crippen LogP) is 2.22. The fourth-order valence-corrected chi connectivity index (χ4v) is 1.81. The van der Waals surface area contributed by atoms with E-state index in [0.717, 1.165) is 5.56 Å². The van der Waals surface area contributed by atoms with Gasteiger partial charge in [-0.25, -0.2) is 0 Å². The van der Waals surface area contributed by atoms with E-state index in [1.807, 2.05) is 12.1 Å². The number of nitrogens with two attached hydrogens (primary N) is 1. The zero-order valence-corrected chi connectivity index (χ0v) is 11.3. The van der Waals surface area contributed by atoms with Gasteiger partial charge in [-0.15, -0.1) is 0 Å². The quantitative estimate of drug-likeness (QED) is 0.722. The molecule has 3 rings (SSSR count). The van der Waals surface area contributed by atoms with Crippen LogP contribution in [-0.4, -0.2) is 15.1 Å². The lowest BCUT2D eigenvalue weighted by Crippen LogP contribution is -1.97. The maximum absolute atomic E-state index is 5.61. The Morgan fingerprint density at radius 3 is 2.76 bits per heavy atom. The molecule has 21 heavy (non-hydrogen) atoms. The van der Waals surface area contributed by atoms with Gasteiger partial charge in [0.15, 0.2) is 12.4 Å². The van der Waals surface area contributed by atoms with Gasteiger partial charge < -0.3 is 15.0 Å². The number of rotatable bonds is 5. The average Bonchev–Trinajstić information content (AvgIpc) is 2.95. The van der Waals surface area contributed by atoms with Crippen molar-refractivity contribution < 1.29 is 9.26 Å². The van der Waals surface area contributed by atoms with Gasteiger partial charge in [-0.3, -0.25) is 4.98 Å². The fourth-order valence-electron chi connectivity index (χ4n) is 1.81. The molecule has 0 aliphatic heterocycles. The van der Waals surface area contributed by atoms with Crippen LogP contribution >= 0.6 is 0 Å². The van der Waals surface area contributed by atoms with E-state index in [2.05, 4.69) is 15.1 Å². The van der Waals surface area contributed by atoms with Crippen molar-refractivity contribution in [3.05, 3.63) is 66.1 Å². The largest absolute Gasteiger partial charge is 0.484 e. The van der Waals surface area contributed by atoms with Gasteiger partial charge in [0.2, 0.25) is 0 Å². The zero-order chi connectivity index (χ0) is 14.5. The van der Waals surface area contributed by atoms with Crippen LogP contribution in [0.5, 0.6) is 5.75 Å². The third-order valence-electron chi connectivity index (χ3n) is 2.84. The van der Waals surface area contributed by atoms with Crippen LogP contribution in [0, 0.1) is 0 Å². The molecule has 106 valence electrons. The summed E-state index contributed by atoms with van der Waals surface area (Å²) in [6.45, 7) is 0.226. The van der Waals surface area contributed by atoms with Crippen molar-refractivity contribution in [2.24, 2.45) is 0 Å². The summed E-state index contributed by atoms with van der Waals surface area (Å²) in [6, 6.07) is 11.0. The highest BCUT2D eigenvalue weighted by Gasteiger charge is 2.08. The molecule has 1 aromatic carbocycles. The van der Waals surface area contributed by atoms with E-state index in [0.29, 0.717) is 29.6 Å². The predicted molar refractivity (Wildman–Crippen MR) is 76.5 cm³/mol. The summed E-state index contributed by atoms with van der Waals surface area (Å²) < 4.78 is 10.7. The highest BCUT2D eigenvalue weighted by atomic mass is 16.5. The van der Waals surface area contributed by atoms with Crippen LogP contribution in [0.4, 0.5) is 5.69 Å². The lowest BCUT2D eigenvalue weighted by molar-refractivity contribution is 0.242. The summed E-state index contributed by atoms with van der Waals surface area (Å²) in [4.78, 5) is 8.33. The SMILES string of the molecule is Nc1ccc(OCc2nc(Cc3cccnc3)no2)cc1. The van der Waals surface area contributed by atoms with Crippen molar-refractivity contribution in [2.45, 2.75) is 13.0 Å². The highest BCUT2D eigenvalue weighted by molar-refractivity contribution is 5.41. The topological polar surface area (TPSA) is 87.1 Å². The summed E-state index contributed by atoms with van der Waals surface area (Å²) in [5.74, 6) is 1.75. The number of aromatic nitrogens is 3. The Bertz CT molecular complexity index is 695. The molecule has 0 spiro atoms. The van der Waals surface area contributed by atoms with Gasteiger partial charge in [0, 0.05) is 24.5 Å². The molecule has 0 aliphatic carbocycles. The van der Waals surface area contributed by atoms with Gasteiger partial charge >= 0.3 is 0 Å². The van der Waals surface area contributed by atoms with Gasteiger partial charge in [-0.1, -0.05) is 11.2 Å². The van der Waals surface area contributed by atoms with Gasteiger partial charge in [0.05, 0.1) is 0 Å². The normalized spacial score (nSPS) is 10.5. The number of benzene rings is 1. The van der Waals surface area contributed by atoms with E-state index in [-0.39, 0.29) is 6.61 Å². The highest BCUT2D eigenvalue weighted by Crippen LogP contribution is 2.14. The average molecular weight is 282 g/mol. The van der Waals surface area contributed by atoms with Crippen LogP contribution in [0.15, 0.2) is 53.3 Å². The van der Waals surface area contributed by atoms with E-state index in [1.165, 1.54) is 0 Å². The van der Waals surface area contributed by atoms with Crippen LogP contribution in [-0.2, 0) is 13.0 Å². The number of hydrogen-bond acceptors (Lipinski definition) is 6. The summed E-state index contributed by atoms with van der Waals surface area (Å²) in [6.07, 6.45) is 4.09. The van der Waals surface area contributed by atoms with E-state index >= 15 is 0 Å². The van der Waals surface area contributed by atoms with Crippen LogP contribution in [0.3, 0.4) is 0 Å². The summed E-state index contributed by atoms with van der Waals surface area (Å²) in [5, 5.41) is 3.92. The number of nitrogens with zero attached hydrogens (tertiary/aromatic N) is 3. The Hall–Kier alpha value is -2.89. The molecule has 0 amide bonds. The smallest absolute Gasteiger partial charge is 0.264 e. The van der Waals surface area contributed by atoms with Crippen molar-refractivity contribution in [3.8, 4) is 5.75 Å². The Morgan fingerprint density at radius 1 is 1.14 bits per heavy atom. The summed E-state index contributed by atoms with van der Waals surface area (Å²) >= 11 is 0. The second-order valence-electron chi connectivity index (χ2n) is 4.50.